The normalized spacial score (nSPS) is 24.8. The number of alkyl halides is 2. The van der Waals surface area contributed by atoms with Crippen LogP contribution in [0.3, 0.4) is 0 Å². The molecular formula is C22H28F2N6O2. The number of rotatable bonds is 5. The Kier molecular flexibility index (Phi) is 5.27. The maximum Gasteiger partial charge on any atom is 0.261 e. The van der Waals surface area contributed by atoms with Crippen LogP contribution in [0.1, 0.15) is 44.9 Å². The summed E-state index contributed by atoms with van der Waals surface area (Å²) in [4.78, 5) is 30.1. The van der Waals surface area contributed by atoms with E-state index in [0.717, 1.165) is 23.7 Å². The Morgan fingerprint density at radius 1 is 1.12 bits per heavy atom. The van der Waals surface area contributed by atoms with E-state index in [1.807, 2.05) is 18.2 Å². The number of H-pyrrole nitrogens is 1. The monoisotopic (exact) mass is 446 g/mol. The molecule has 2 saturated heterocycles. The second kappa shape index (κ2) is 7.99. The highest BCUT2D eigenvalue weighted by Crippen LogP contribution is 2.43. The van der Waals surface area contributed by atoms with Gasteiger partial charge in [0.05, 0.1) is 23.9 Å². The molecular weight excluding hydrogens is 418 g/mol. The number of hydrogen-bond acceptors (Lipinski definition) is 5. The minimum atomic E-state index is -2.75. The van der Waals surface area contributed by atoms with Gasteiger partial charge in [0, 0.05) is 24.9 Å². The van der Waals surface area contributed by atoms with Gasteiger partial charge in [0.25, 0.3) is 11.8 Å². The van der Waals surface area contributed by atoms with E-state index >= 15 is 0 Å². The van der Waals surface area contributed by atoms with Crippen molar-refractivity contribution >= 4 is 28.4 Å². The zero-order chi connectivity index (χ0) is 22.3. The Labute approximate surface area is 184 Å². The summed E-state index contributed by atoms with van der Waals surface area (Å²) < 4.78 is 27.9. The topological polar surface area (TPSA) is 93.4 Å². The van der Waals surface area contributed by atoms with Crippen LogP contribution < -0.4 is 10.9 Å². The van der Waals surface area contributed by atoms with Crippen molar-refractivity contribution in [2.45, 2.75) is 62.4 Å². The van der Waals surface area contributed by atoms with E-state index in [0.29, 0.717) is 37.9 Å². The molecule has 3 fully saturated rings. The van der Waals surface area contributed by atoms with Crippen LogP contribution in [0.15, 0.2) is 24.4 Å². The summed E-state index contributed by atoms with van der Waals surface area (Å²) in [6.45, 7) is 0.319. The standard InChI is InChI=1S/C22H28F2N6O2/c23-22(24)10-12-29(14-22)21(8-1-2-9-21)20(32)30-11-4-7-18(30)19(31)28-27-17-6-3-5-16-15(17)13-25-26-16/h3,5-6,13,18,27H,1-2,4,7-12,14H2,(H,25,26)(H,28,31)/t18-/m1/s1. The first-order valence-corrected chi connectivity index (χ1v) is 11.3. The van der Waals surface area contributed by atoms with Gasteiger partial charge in [-0.3, -0.25) is 30.4 Å². The number of halogens is 2. The van der Waals surface area contributed by atoms with Gasteiger partial charge in [0.2, 0.25) is 5.91 Å². The number of aromatic amines is 1. The van der Waals surface area contributed by atoms with E-state index in [1.165, 1.54) is 0 Å². The molecule has 172 valence electrons. The molecule has 3 heterocycles. The summed E-state index contributed by atoms with van der Waals surface area (Å²) in [5.41, 5.74) is 6.32. The number of hydrogen-bond donors (Lipinski definition) is 3. The van der Waals surface area contributed by atoms with Gasteiger partial charge in [-0.15, -0.1) is 0 Å². The van der Waals surface area contributed by atoms with Crippen LogP contribution in [0.4, 0.5) is 14.5 Å². The molecule has 2 amide bonds. The number of benzene rings is 1. The zero-order valence-corrected chi connectivity index (χ0v) is 17.9. The predicted molar refractivity (Wildman–Crippen MR) is 115 cm³/mol. The maximum atomic E-state index is 14.0. The smallest absolute Gasteiger partial charge is 0.261 e. The van der Waals surface area contributed by atoms with Crippen LogP contribution in [0.2, 0.25) is 0 Å². The highest BCUT2D eigenvalue weighted by Gasteiger charge is 2.55. The number of nitrogens with zero attached hydrogens (tertiary/aromatic N) is 3. The Bertz CT molecular complexity index is 1020. The molecule has 0 radical (unpaired) electrons. The fraction of sp³-hybridized carbons (Fsp3) is 0.591. The van der Waals surface area contributed by atoms with E-state index < -0.39 is 17.5 Å². The fourth-order valence-electron chi connectivity index (χ4n) is 5.57. The van der Waals surface area contributed by atoms with Crippen molar-refractivity contribution < 1.29 is 18.4 Å². The lowest BCUT2D eigenvalue weighted by atomic mass is 9.92. The Morgan fingerprint density at radius 3 is 2.69 bits per heavy atom. The summed E-state index contributed by atoms with van der Waals surface area (Å²) in [5, 5.41) is 7.73. The third kappa shape index (κ3) is 3.60. The molecule has 2 aromatic rings. The van der Waals surface area contributed by atoms with Crippen molar-refractivity contribution in [3.63, 3.8) is 0 Å². The van der Waals surface area contributed by atoms with Gasteiger partial charge in [-0.25, -0.2) is 8.78 Å². The molecule has 0 unspecified atom stereocenters. The van der Waals surface area contributed by atoms with Crippen molar-refractivity contribution in [3.05, 3.63) is 24.4 Å². The van der Waals surface area contributed by atoms with Crippen molar-refractivity contribution in [3.8, 4) is 0 Å². The largest absolute Gasteiger partial charge is 0.329 e. The van der Waals surface area contributed by atoms with Crippen LogP contribution >= 0.6 is 0 Å². The average molecular weight is 447 g/mol. The lowest BCUT2D eigenvalue weighted by Crippen LogP contribution is -2.60. The molecule has 1 aromatic carbocycles. The Hall–Kier alpha value is -2.75. The highest BCUT2D eigenvalue weighted by atomic mass is 19.3. The third-order valence-electron chi connectivity index (χ3n) is 7.23. The van der Waals surface area contributed by atoms with Gasteiger partial charge >= 0.3 is 0 Å². The molecule has 1 aromatic heterocycles. The summed E-state index contributed by atoms with van der Waals surface area (Å²) in [5.74, 6) is -3.21. The summed E-state index contributed by atoms with van der Waals surface area (Å²) in [6.07, 6.45) is 5.57. The van der Waals surface area contributed by atoms with E-state index in [9.17, 15) is 18.4 Å². The van der Waals surface area contributed by atoms with Crippen LogP contribution in [0, 0.1) is 0 Å². The van der Waals surface area contributed by atoms with Gasteiger partial charge in [-0.1, -0.05) is 18.9 Å². The second-order valence-electron chi connectivity index (χ2n) is 9.17. The van der Waals surface area contributed by atoms with Gasteiger partial charge < -0.3 is 4.90 Å². The molecule has 0 spiro atoms. The van der Waals surface area contributed by atoms with Crippen LogP contribution in [-0.2, 0) is 9.59 Å². The minimum Gasteiger partial charge on any atom is -0.329 e. The molecule has 10 heteroatoms. The van der Waals surface area contributed by atoms with Crippen LogP contribution in [0.25, 0.3) is 10.9 Å². The van der Waals surface area contributed by atoms with Crippen molar-refractivity contribution in [1.82, 2.24) is 25.4 Å². The summed E-state index contributed by atoms with van der Waals surface area (Å²) in [6, 6.07) is 4.95. The number of likely N-dealkylation sites (tertiary alicyclic amines) is 2. The predicted octanol–water partition coefficient (Wildman–Crippen LogP) is 2.65. The molecule has 3 N–H and O–H groups in total. The van der Waals surface area contributed by atoms with Gasteiger partial charge in [0.15, 0.2) is 0 Å². The molecule has 2 aliphatic heterocycles. The number of anilines is 1. The van der Waals surface area contributed by atoms with E-state index in [-0.39, 0.29) is 31.3 Å². The Balaban J connectivity index is 1.30. The average Bonchev–Trinajstić information content (AvgIpc) is 3.57. The van der Waals surface area contributed by atoms with Gasteiger partial charge in [-0.05, 0) is 37.8 Å². The van der Waals surface area contributed by atoms with Crippen molar-refractivity contribution in [1.29, 1.82) is 0 Å². The van der Waals surface area contributed by atoms with Crippen molar-refractivity contribution in [2.24, 2.45) is 0 Å². The molecule has 0 bridgehead atoms. The van der Waals surface area contributed by atoms with Crippen LogP contribution in [-0.4, -0.2) is 68.9 Å². The van der Waals surface area contributed by atoms with Gasteiger partial charge in [-0.2, -0.15) is 5.10 Å². The summed E-state index contributed by atoms with van der Waals surface area (Å²) >= 11 is 0. The summed E-state index contributed by atoms with van der Waals surface area (Å²) in [7, 11) is 0. The quantitative estimate of drug-likeness (QED) is 0.614. The molecule has 1 atom stereocenters. The Morgan fingerprint density at radius 2 is 1.94 bits per heavy atom. The first-order chi connectivity index (χ1) is 15.4. The third-order valence-corrected chi connectivity index (χ3v) is 7.23. The minimum absolute atomic E-state index is 0.165. The fourth-order valence-corrected chi connectivity index (χ4v) is 5.57. The van der Waals surface area contributed by atoms with E-state index in [4.69, 9.17) is 0 Å². The number of aromatic nitrogens is 2. The molecule has 32 heavy (non-hydrogen) atoms. The maximum absolute atomic E-state index is 14.0. The number of fused-ring (bicyclic) bond motifs is 1. The molecule has 1 aliphatic carbocycles. The van der Waals surface area contributed by atoms with Crippen LogP contribution in [0.5, 0.6) is 0 Å². The first-order valence-electron chi connectivity index (χ1n) is 11.3. The number of amides is 2. The zero-order valence-electron chi connectivity index (χ0n) is 17.9. The molecule has 5 rings (SSSR count). The number of hydrazine groups is 1. The van der Waals surface area contributed by atoms with E-state index in [1.54, 1.807) is 16.0 Å². The number of carbonyl (C=O) groups excluding carboxylic acids is 2. The molecule has 1 saturated carbocycles. The number of carbonyl (C=O) groups is 2. The van der Waals surface area contributed by atoms with Gasteiger partial charge in [0.1, 0.15) is 11.6 Å². The molecule has 8 nitrogen and oxygen atoms in total. The highest BCUT2D eigenvalue weighted by molar-refractivity contribution is 5.95. The van der Waals surface area contributed by atoms with E-state index in [2.05, 4.69) is 21.0 Å². The SMILES string of the molecule is O=C(NNc1cccc2[nH]ncc12)[C@H]1CCCN1C(=O)C1(N2CCC(F)(F)C2)CCCC1. The van der Waals surface area contributed by atoms with Crippen molar-refractivity contribution in [2.75, 3.05) is 25.1 Å². The first kappa shape index (κ1) is 21.1. The lowest BCUT2D eigenvalue weighted by molar-refractivity contribution is -0.149. The lowest BCUT2D eigenvalue weighted by Gasteiger charge is -2.41. The second-order valence-corrected chi connectivity index (χ2v) is 9.17. The molecule has 3 aliphatic rings. The number of nitrogens with one attached hydrogen (secondary N) is 3.